The van der Waals surface area contributed by atoms with Crippen LogP contribution in [0.2, 0.25) is 0 Å². The van der Waals surface area contributed by atoms with Gasteiger partial charge >= 0.3 is 0 Å². The number of nitrogens with zero attached hydrogens (tertiary/aromatic N) is 1. The molecule has 0 saturated heterocycles. The van der Waals surface area contributed by atoms with Gasteiger partial charge in [0.25, 0.3) is 0 Å². The van der Waals surface area contributed by atoms with Crippen LogP contribution in [0, 0.1) is 0 Å². The van der Waals surface area contributed by atoms with Crippen LogP contribution in [-0.2, 0) is 6.61 Å². The summed E-state index contributed by atoms with van der Waals surface area (Å²) in [5.41, 5.74) is 1.62. The third-order valence-electron chi connectivity index (χ3n) is 4.29. The second kappa shape index (κ2) is 7.41. The maximum absolute atomic E-state index is 5.88. The van der Waals surface area contributed by atoms with Crippen LogP contribution >= 0.6 is 0 Å². The quantitative estimate of drug-likeness (QED) is 0.479. The van der Waals surface area contributed by atoms with E-state index in [0.29, 0.717) is 12.5 Å². The van der Waals surface area contributed by atoms with Crippen molar-refractivity contribution in [3.63, 3.8) is 0 Å². The first kappa shape index (κ1) is 17.0. The van der Waals surface area contributed by atoms with Gasteiger partial charge in [0, 0.05) is 5.56 Å². The van der Waals surface area contributed by atoms with E-state index in [4.69, 9.17) is 18.6 Å². The molecule has 0 saturated carbocycles. The second-order valence-corrected chi connectivity index (χ2v) is 6.04. The molecule has 136 valence electrons. The van der Waals surface area contributed by atoms with Crippen molar-refractivity contribution in [1.82, 2.24) is 4.98 Å². The molecule has 5 heteroatoms. The lowest BCUT2D eigenvalue weighted by Crippen LogP contribution is -1.95. The zero-order valence-corrected chi connectivity index (χ0v) is 15.1. The molecule has 4 aromatic rings. The Morgan fingerprint density at radius 1 is 0.778 bits per heavy atom. The molecular formula is C22H19NO4. The van der Waals surface area contributed by atoms with E-state index in [0.717, 1.165) is 39.3 Å². The van der Waals surface area contributed by atoms with Gasteiger partial charge in [-0.1, -0.05) is 12.1 Å². The SMILES string of the molecule is COc1ccc(-c2nc(COc3ccc4ccc(OC)cc4c3)co2)cc1. The van der Waals surface area contributed by atoms with E-state index in [2.05, 4.69) is 4.98 Å². The molecule has 0 bridgehead atoms. The van der Waals surface area contributed by atoms with Crippen molar-refractivity contribution in [2.75, 3.05) is 14.2 Å². The molecule has 1 heterocycles. The molecule has 3 aromatic carbocycles. The van der Waals surface area contributed by atoms with E-state index in [-0.39, 0.29) is 0 Å². The first-order chi connectivity index (χ1) is 13.2. The second-order valence-electron chi connectivity index (χ2n) is 6.04. The van der Waals surface area contributed by atoms with Crippen molar-refractivity contribution in [3.8, 4) is 28.7 Å². The highest BCUT2D eigenvalue weighted by Gasteiger charge is 2.08. The van der Waals surface area contributed by atoms with Gasteiger partial charge in [0.05, 0.1) is 14.2 Å². The summed E-state index contributed by atoms with van der Waals surface area (Å²) in [4.78, 5) is 4.49. The molecule has 0 N–H and O–H groups in total. The van der Waals surface area contributed by atoms with E-state index in [1.807, 2.05) is 60.7 Å². The highest BCUT2D eigenvalue weighted by atomic mass is 16.5. The largest absolute Gasteiger partial charge is 0.497 e. The molecule has 0 unspecified atom stereocenters. The minimum atomic E-state index is 0.329. The Kier molecular flexibility index (Phi) is 4.66. The van der Waals surface area contributed by atoms with Gasteiger partial charge in [0.1, 0.15) is 35.8 Å². The normalized spacial score (nSPS) is 10.7. The number of rotatable bonds is 6. The van der Waals surface area contributed by atoms with Crippen molar-refractivity contribution >= 4 is 10.8 Å². The number of fused-ring (bicyclic) bond motifs is 1. The minimum Gasteiger partial charge on any atom is -0.497 e. The van der Waals surface area contributed by atoms with Crippen LogP contribution in [0.3, 0.4) is 0 Å². The summed E-state index contributed by atoms with van der Waals surface area (Å²) < 4.78 is 21.9. The van der Waals surface area contributed by atoms with Crippen LogP contribution in [-0.4, -0.2) is 19.2 Å². The fourth-order valence-electron chi connectivity index (χ4n) is 2.82. The molecule has 1 aromatic heterocycles. The maximum Gasteiger partial charge on any atom is 0.226 e. The van der Waals surface area contributed by atoms with E-state index < -0.39 is 0 Å². The number of oxazole rings is 1. The van der Waals surface area contributed by atoms with Crippen LogP contribution in [0.4, 0.5) is 0 Å². The predicted molar refractivity (Wildman–Crippen MR) is 103 cm³/mol. The van der Waals surface area contributed by atoms with Gasteiger partial charge in [-0.3, -0.25) is 0 Å². The molecule has 5 nitrogen and oxygen atoms in total. The fourth-order valence-corrected chi connectivity index (χ4v) is 2.82. The summed E-state index contributed by atoms with van der Waals surface area (Å²) in [6, 6.07) is 19.5. The van der Waals surface area contributed by atoms with E-state index in [9.17, 15) is 0 Å². The molecule has 0 aliphatic heterocycles. The van der Waals surface area contributed by atoms with Gasteiger partial charge in [-0.05, 0) is 59.3 Å². The van der Waals surface area contributed by atoms with Gasteiger partial charge in [-0.15, -0.1) is 0 Å². The number of hydrogen-bond donors (Lipinski definition) is 0. The van der Waals surface area contributed by atoms with Gasteiger partial charge in [-0.25, -0.2) is 4.98 Å². The standard InChI is InChI=1S/C22H19NO4/c1-24-19-7-5-16(6-8-19)22-23-18(14-27-22)13-26-21-10-4-15-3-9-20(25-2)11-17(15)12-21/h3-12,14H,13H2,1-2H3. The fraction of sp³-hybridized carbons (Fsp3) is 0.136. The highest BCUT2D eigenvalue weighted by molar-refractivity contribution is 5.85. The third-order valence-corrected chi connectivity index (χ3v) is 4.29. The Morgan fingerprint density at radius 3 is 2.19 bits per heavy atom. The lowest BCUT2D eigenvalue weighted by Gasteiger charge is -2.07. The van der Waals surface area contributed by atoms with Gasteiger partial charge in [0.15, 0.2) is 0 Å². The molecule has 27 heavy (non-hydrogen) atoms. The maximum atomic E-state index is 5.88. The van der Waals surface area contributed by atoms with E-state index >= 15 is 0 Å². The average Bonchev–Trinajstić information content (AvgIpc) is 3.20. The Morgan fingerprint density at radius 2 is 1.44 bits per heavy atom. The van der Waals surface area contributed by atoms with E-state index in [1.54, 1.807) is 20.5 Å². The monoisotopic (exact) mass is 361 g/mol. The van der Waals surface area contributed by atoms with Crippen LogP contribution in [0.15, 0.2) is 71.3 Å². The summed E-state index contributed by atoms with van der Waals surface area (Å²) in [6.45, 7) is 0.329. The summed E-state index contributed by atoms with van der Waals surface area (Å²) >= 11 is 0. The summed E-state index contributed by atoms with van der Waals surface area (Å²) in [7, 11) is 3.30. The molecule has 0 amide bonds. The molecule has 4 rings (SSSR count). The molecule has 0 aliphatic carbocycles. The van der Waals surface area contributed by atoms with Gasteiger partial charge in [-0.2, -0.15) is 0 Å². The van der Waals surface area contributed by atoms with E-state index in [1.165, 1.54) is 0 Å². The Balaban J connectivity index is 1.47. The first-order valence-electron chi connectivity index (χ1n) is 8.54. The summed E-state index contributed by atoms with van der Waals surface area (Å²) in [5.74, 6) is 2.94. The molecule has 0 spiro atoms. The van der Waals surface area contributed by atoms with Crippen LogP contribution in [0.1, 0.15) is 5.69 Å². The van der Waals surface area contributed by atoms with Crippen LogP contribution < -0.4 is 14.2 Å². The number of methoxy groups -OCH3 is 2. The van der Waals surface area contributed by atoms with Crippen molar-refractivity contribution < 1.29 is 18.6 Å². The highest BCUT2D eigenvalue weighted by Crippen LogP contribution is 2.26. The molecular weight excluding hydrogens is 342 g/mol. The van der Waals surface area contributed by atoms with Gasteiger partial charge < -0.3 is 18.6 Å². The smallest absolute Gasteiger partial charge is 0.226 e. The topological polar surface area (TPSA) is 53.7 Å². The van der Waals surface area contributed by atoms with Crippen molar-refractivity contribution in [2.45, 2.75) is 6.61 Å². The summed E-state index contributed by atoms with van der Waals surface area (Å²) in [6.07, 6.45) is 1.61. The lowest BCUT2D eigenvalue weighted by molar-refractivity contribution is 0.301. The van der Waals surface area contributed by atoms with Crippen molar-refractivity contribution in [2.24, 2.45) is 0 Å². The average molecular weight is 361 g/mol. The Labute approximate surface area is 157 Å². The zero-order valence-electron chi connectivity index (χ0n) is 15.1. The zero-order chi connectivity index (χ0) is 18.6. The van der Waals surface area contributed by atoms with Crippen LogP contribution in [0.5, 0.6) is 17.2 Å². The first-order valence-corrected chi connectivity index (χ1v) is 8.54. The van der Waals surface area contributed by atoms with Crippen molar-refractivity contribution in [1.29, 1.82) is 0 Å². The number of aromatic nitrogens is 1. The van der Waals surface area contributed by atoms with Crippen LogP contribution in [0.25, 0.3) is 22.2 Å². The summed E-state index contributed by atoms with van der Waals surface area (Å²) in [5, 5.41) is 2.19. The molecule has 0 fully saturated rings. The molecule has 0 aliphatic rings. The molecule has 0 atom stereocenters. The van der Waals surface area contributed by atoms with Gasteiger partial charge in [0.2, 0.25) is 5.89 Å². The number of hydrogen-bond acceptors (Lipinski definition) is 5. The number of ether oxygens (including phenoxy) is 3. The Hall–Kier alpha value is -3.47. The number of benzene rings is 3. The minimum absolute atomic E-state index is 0.329. The predicted octanol–water partition coefficient (Wildman–Crippen LogP) is 5.09. The third kappa shape index (κ3) is 3.72. The molecule has 0 radical (unpaired) electrons. The Bertz CT molecular complexity index is 1050. The lowest BCUT2D eigenvalue weighted by atomic mass is 10.1. The van der Waals surface area contributed by atoms with Crippen molar-refractivity contribution in [3.05, 3.63) is 72.6 Å².